The number of hydrogen-bond donors (Lipinski definition) is 1. The summed E-state index contributed by atoms with van der Waals surface area (Å²) in [6, 6.07) is 12.0. The fourth-order valence-corrected chi connectivity index (χ4v) is 4.28. The van der Waals surface area contributed by atoms with Gasteiger partial charge in [0.2, 0.25) is 6.79 Å². The molecule has 0 atom stereocenters. The smallest absolute Gasteiger partial charge is 0.407 e. The van der Waals surface area contributed by atoms with Crippen LogP contribution in [0, 0.1) is 6.92 Å². The van der Waals surface area contributed by atoms with E-state index in [0.29, 0.717) is 0 Å². The van der Waals surface area contributed by atoms with Gasteiger partial charge in [0.05, 0.1) is 18.5 Å². The molecule has 1 amide bonds. The van der Waals surface area contributed by atoms with E-state index in [-0.39, 0.29) is 13.4 Å². The average Bonchev–Trinajstić information content (AvgIpc) is 3.44. The summed E-state index contributed by atoms with van der Waals surface area (Å²) in [6.45, 7) is 2.47. The molecule has 0 aliphatic carbocycles. The highest BCUT2D eigenvalue weighted by Crippen LogP contribution is 2.47. The summed E-state index contributed by atoms with van der Waals surface area (Å²) in [4.78, 5) is 11.8. The second-order valence-electron chi connectivity index (χ2n) is 7.27. The molecule has 30 heavy (non-hydrogen) atoms. The van der Waals surface area contributed by atoms with Gasteiger partial charge in [-0.25, -0.2) is 4.79 Å². The first kappa shape index (κ1) is 18.4. The monoisotopic (exact) mass is 406 g/mol. The van der Waals surface area contributed by atoms with Gasteiger partial charge in [-0.05, 0) is 36.2 Å². The van der Waals surface area contributed by atoms with E-state index >= 15 is 0 Å². The van der Waals surface area contributed by atoms with Crippen LogP contribution in [-0.4, -0.2) is 31.6 Å². The second kappa shape index (κ2) is 7.02. The van der Waals surface area contributed by atoms with Crippen molar-refractivity contribution < 1.29 is 23.7 Å². The van der Waals surface area contributed by atoms with E-state index in [1.807, 2.05) is 30.3 Å². The Bertz CT molecular complexity index is 1160. The molecule has 2 aliphatic heterocycles. The number of aromatic nitrogens is 1. The SMILES string of the molecule is CNC(=O)OCc1c(C)c2n(c1-c1ccccc1OC)-c1cc3c(cc1C2)OCO3. The van der Waals surface area contributed by atoms with Crippen LogP contribution in [0.3, 0.4) is 0 Å². The van der Waals surface area contributed by atoms with E-state index in [2.05, 4.69) is 22.9 Å². The lowest BCUT2D eigenvalue weighted by molar-refractivity contribution is 0.142. The Morgan fingerprint density at radius 2 is 1.97 bits per heavy atom. The Labute approximate surface area is 174 Å². The van der Waals surface area contributed by atoms with E-state index in [9.17, 15) is 4.79 Å². The zero-order valence-corrected chi connectivity index (χ0v) is 17.1. The van der Waals surface area contributed by atoms with E-state index < -0.39 is 6.09 Å². The molecule has 0 saturated heterocycles. The zero-order valence-electron chi connectivity index (χ0n) is 17.1. The highest BCUT2D eigenvalue weighted by Gasteiger charge is 2.32. The molecule has 7 nitrogen and oxygen atoms in total. The molecule has 2 aromatic carbocycles. The van der Waals surface area contributed by atoms with Gasteiger partial charge in [-0.15, -0.1) is 0 Å². The van der Waals surface area contributed by atoms with Gasteiger partial charge in [0.1, 0.15) is 12.4 Å². The first-order valence-electron chi connectivity index (χ1n) is 9.76. The van der Waals surface area contributed by atoms with Gasteiger partial charge < -0.3 is 28.8 Å². The number of hydrogen-bond acceptors (Lipinski definition) is 5. The minimum absolute atomic E-state index is 0.165. The van der Waals surface area contributed by atoms with Gasteiger partial charge in [0.25, 0.3) is 0 Å². The molecule has 0 spiro atoms. The Morgan fingerprint density at radius 1 is 1.20 bits per heavy atom. The number of nitrogens with one attached hydrogen (secondary N) is 1. The van der Waals surface area contributed by atoms with Crippen LogP contribution in [0.2, 0.25) is 0 Å². The lowest BCUT2D eigenvalue weighted by Gasteiger charge is -2.15. The highest BCUT2D eigenvalue weighted by molar-refractivity contribution is 5.78. The molecule has 0 fully saturated rings. The summed E-state index contributed by atoms with van der Waals surface area (Å²) < 4.78 is 24.5. The molecule has 1 N–H and O–H groups in total. The number of nitrogens with zero attached hydrogens (tertiary/aromatic N) is 1. The zero-order chi connectivity index (χ0) is 20.8. The summed E-state index contributed by atoms with van der Waals surface area (Å²) in [5, 5.41) is 2.51. The number of rotatable bonds is 4. The lowest BCUT2D eigenvalue weighted by Crippen LogP contribution is -2.19. The molecule has 0 radical (unpaired) electrons. The highest BCUT2D eigenvalue weighted by atomic mass is 16.7. The summed E-state index contributed by atoms with van der Waals surface area (Å²) >= 11 is 0. The number of amides is 1. The average molecular weight is 406 g/mol. The number of benzene rings is 2. The Hall–Kier alpha value is -3.61. The van der Waals surface area contributed by atoms with Crippen molar-refractivity contribution in [2.75, 3.05) is 21.0 Å². The predicted molar refractivity (Wildman–Crippen MR) is 111 cm³/mol. The molecule has 0 bridgehead atoms. The molecule has 0 unspecified atom stereocenters. The molecular formula is C23H22N2O5. The van der Waals surface area contributed by atoms with Gasteiger partial charge in [-0.3, -0.25) is 0 Å². The van der Waals surface area contributed by atoms with E-state index in [1.54, 1.807) is 14.2 Å². The fraction of sp³-hybridized carbons (Fsp3) is 0.261. The second-order valence-corrected chi connectivity index (χ2v) is 7.27. The molecule has 0 saturated carbocycles. The molecule has 5 rings (SSSR count). The number of ether oxygens (including phenoxy) is 4. The van der Waals surface area contributed by atoms with Crippen molar-refractivity contribution >= 4 is 6.09 Å². The van der Waals surface area contributed by atoms with Crippen LogP contribution in [0.5, 0.6) is 17.2 Å². The molecule has 3 heterocycles. The fourth-order valence-electron chi connectivity index (χ4n) is 4.28. The van der Waals surface area contributed by atoms with Crippen molar-refractivity contribution in [1.29, 1.82) is 0 Å². The van der Waals surface area contributed by atoms with Crippen molar-refractivity contribution in [3.05, 3.63) is 58.8 Å². The van der Waals surface area contributed by atoms with Crippen molar-refractivity contribution in [2.24, 2.45) is 0 Å². The topological polar surface area (TPSA) is 71.0 Å². The quantitative estimate of drug-likeness (QED) is 0.556. The number of para-hydroxylation sites is 1. The summed E-state index contributed by atoms with van der Waals surface area (Å²) in [7, 11) is 3.21. The Balaban J connectivity index is 1.73. The predicted octanol–water partition coefficient (Wildman–Crippen LogP) is 3.95. The minimum atomic E-state index is -0.462. The molecule has 154 valence electrons. The maximum Gasteiger partial charge on any atom is 0.407 e. The van der Waals surface area contributed by atoms with Crippen LogP contribution < -0.4 is 19.5 Å². The molecular weight excluding hydrogens is 384 g/mol. The third kappa shape index (κ3) is 2.69. The summed E-state index contributed by atoms with van der Waals surface area (Å²) in [5.74, 6) is 2.27. The van der Waals surface area contributed by atoms with Gasteiger partial charge >= 0.3 is 6.09 Å². The maximum absolute atomic E-state index is 11.8. The maximum atomic E-state index is 11.8. The van der Waals surface area contributed by atoms with Crippen LogP contribution in [0.15, 0.2) is 36.4 Å². The van der Waals surface area contributed by atoms with Gasteiger partial charge in [0, 0.05) is 36.4 Å². The third-order valence-corrected chi connectivity index (χ3v) is 5.75. The molecule has 7 heteroatoms. The standard InChI is InChI=1S/C23H22N2O5/c1-13-16(11-28-23(26)24-2)22(15-6-4-5-7-19(15)27-3)25-17(13)8-14-9-20-21(10-18(14)25)30-12-29-20/h4-7,9-10H,8,11-12H2,1-3H3,(H,24,26). The normalized spacial score (nSPS) is 13.0. The van der Waals surface area contributed by atoms with Crippen molar-refractivity contribution in [3.8, 4) is 34.2 Å². The van der Waals surface area contributed by atoms with Gasteiger partial charge in [0.15, 0.2) is 11.5 Å². The number of carbonyl (C=O) groups is 1. The third-order valence-electron chi connectivity index (χ3n) is 5.75. The van der Waals surface area contributed by atoms with E-state index in [1.165, 1.54) is 5.56 Å². The van der Waals surface area contributed by atoms with Crippen LogP contribution in [-0.2, 0) is 17.8 Å². The molecule has 1 aromatic heterocycles. The van der Waals surface area contributed by atoms with Crippen LogP contribution in [0.1, 0.15) is 22.4 Å². The number of alkyl carbamates (subject to hydrolysis) is 1. The van der Waals surface area contributed by atoms with E-state index in [0.717, 1.165) is 57.4 Å². The largest absolute Gasteiger partial charge is 0.496 e. The number of methoxy groups -OCH3 is 1. The van der Waals surface area contributed by atoms with Crippen molar-refractivity contribution in [1.82, 2.24) is 9.88 Å². The van der Waals surface area contributed by atoms with E-state index in [4.69, 9.17) is 18.9 Å². The summed E-state index contributed by atoms with van der Waals surface area (Å²) in [5.41, 5.74) is 7.33. The first-order valence-corrected chi connectivity index (χ1v) is 9.76. The van der Waals surface area contributed by atoms with Crippen molar-refractivity contribution in [2.45, 2.75) is 20.0 Å². The lowest BCUT2D eigenvalue weighted by atomic mass is 10.0. The van der Waals surface area contributed by atoms with Crippen LogP contribution in [0.25, 0.3) is 16.9 Å². The van der Waals surface area contributed by atoms with Gasteiger partial charge in [-0.2, -0.15) is 0 Å². The first-order chi connectivity index (χ1) is 14.6. The Morgan fingerprint density at radius 3 is 2.73 bits per heavy atom. The minimum Gasteiger partial charge on any atom is -0.496 e. The molecule has 2 aliphatic rings. The van der Waals surface area contributed by atoms with Crippen LogP contribution in [0.4, 0.5) is 4.79 Å². The van der Waals surface area contributed by atoms with Crippen LogP contribution >= 0.6 is 0 Å². The van der Waals surface area contributed by atoms with Gasteiger partial charge in [-0.1, -0.05) is 12.1 Å². The summed E-state index contributed by atoms with van der Waals surface area (Å²) in [6.07, 6.45) is 0.301. The number of fused-ring (bicyclic) bond motifs is 4. The van der Waals surface area contributed by atoms with Crippen molar-refractivity contribution in [3.63, 3.8) is 0 Å². The number of carbonyl (C=O) groups excluding carboxylic acids is 1. The Kier molecular flexibility index (Phi) is 4.31. The molecule has 3 aromatic rings.